The smallest absolute Gasteiger partial charge is 0.339 e. The number of rotatable bonds is 5. The molecule has 0 radical (unpaired) electrons. The van der Waals surface area contributed by atoms with E-state index in [4.69, 9.17) is 9.15 Å². The molecule has 29 heavy (non-hydrogen) atoms. The molecule has 1 aliphatic carbocycles. The van der Waals surface area contributed by atoms with Gasteiger partial charge >= 0.3 is 11.6 Å². The number of esters is 1. The van der Waals surface area contributed by atoms with E-state index >= 15 is 0 Å². The standard InChI is InChI=1S/C21H15BrN2O4S/c1-29-20-16(9-23)15(8-17(24-20)11-2-3-11)21(26)27-10-12-6-19(25)28-18-7-13(22)4-5-14(12)18/h4-8,11H,2-3,10H2,1H3. The lowest BCUT2D eigenvalue weighted by atomic mass is 10.1. The second-order valence-electron chi connectivity index (χ2n) is 6.67. The van der Waals surface area contributed by atoms with Crippen LogP contribution in [0.25, 0.3) is 11.0 Å². The lowest BCUT2D eigenvalue weighted by molar-refractivity contribution is 0.0472. The summed E-state index contributed by atoms with van der Waals surface area (Å²) in [5, 5.41) is 10.8. The number of aromatic nitrogens is 1. The summed E-state index contributed by atoms with van der Waals surface area (Å²) >= 11 is 4.67. The molecule has 0 spiro atoms. The Morgan fingerprint density at radius 1 is 1.38 bits per heavy atom. The number of hydrogen-bond donors (Lipinski definition) is 0. The third-order valence-corrected chi connectivity index (χ3v) is 5.85. The van der Waals surface area contributed by atoms with E-state index in [-0.39, 0.29) is 17.7 Å². The number of carbonyl (C=O) groups excluding carboxylic acids is 1. The van der Waals surface area contributed by atoms with Crippen LogP contribution in [-0.2, 0) is 11.3 Å². The summed E-state index contributed by atoms with van der Waals surface area (Å²) < 4.78 is 11.5. The van der Waals surface area contributed by atoms with Crippen LogP contribution in [0.2, 0.25) is 0 Å². The highest BCUT2D eigenvalue weighted by Gasteiger charge is 2.29. The predicted molar refractivity (Wildman–Crippen MR) is 112 cm³/mol. The Balaban J connectivity index is 1.66. The van der Waals surface area contributed by atoms with Crippen LogP contribution in [-0.4, -0.2) is 17.2 Å². The van der Waals surface area contributed by atoms with Crippen molar-refractivity contribution < 1.29 is 13.9 Å². The summed E-state index contributed by atoms with van der Waals surface area (Å²) in [6.45, 7) is -0.108. The van der Waals surface area contributed by atoms with E-state index in [2.05, 4.69) is 27.0 Å². The van der Waals surface area contributed by atoms with Crippen molar-refractivity contribution in [3.63, 3.8) is 0 Å². The molecule has 1 fully saturated rings. The van der Waals surface area contributed by atoms with Gasteiger partial charge in [0.25, 0.3) is 0 Å². The maximum Gasteiger partial charge on any atom is 0.339 e. The number of carbonyl (C=O) groups is 1. The van der Waals surface area contributed by atoms with Gasteiger partial charge < -0.3 is 9.15 Å². The van der Waals surface area contributed by atoms with Crippen LogP contribution < -0.4 is 5.63 Å². The summed E-state index contributed by atoms with van der Waals surface area (Å²) in [7, 11) is 0. The highest BCUT2D eigenvalue weighted by Crippen LogP contribution is 2.40. The van der Waals surface area contributed by atoms with Crippen LogP contribution in [0.5, 0.6) is 0 Å². The zero-order chi connectivity index (χ0) is 20.5. The molecule has 3 aromatic rings. The molecule has 0 saturated heterocycles. The van der Waals surface area contributed by atoms with Crippen molar-refractivity contribution in [2.24, 2.45) is 0 Å². The first-order valence-electron chi connectivity index (χ1n) is 8.88. The molecule has 0 aliphatic heterocycles. The van der Waals surface area contributed by atoms with E-state index < -0.39 is 11.6 Å². The lowest BCUT2D eigenvalue weighted by Gasteiger charge is -2.11. The van der Waals surface area contributed by atoms with Gasteiger partial charge in [-0.1, -0.05) is 15.9 Å². The molecule has 1 aliphatic rings. The van der Waals surface area contributed by atoms with E-state index in [1.807, 2.05) is 12.3 Å². The summed E-state index contributed by atoms with van der Waals surface area (Å²) in [6, 6.07) is 10.3. The molecule has 0 unspecified atom stereocenters. The van der Waals surface area contributed by atoms with Gasteiger partial charge in [0.2, 0.25) is 0 Å². The topological polar surface area (TPSA) is 93.2 Å². The Kier molecular flexibility index (Phi) is 5.43. The summed E-state index contributed by atoms with van der Waals surface area (Å²) in [5.41, 5.74) is 1.66. The van der Waals surface area contributed by atoms with Crippen LogP contribution in [0.1, 0.15) is 45.9 Å². The van der Waals surface area contributed by atoms with Crippen molar-refractivity contribution in [1.29, 1.82) is 5.26 Å². The molecule has 8 heteroatoms. The van der Waals surface area contributed by atoms with Crippen molar-refractivity contribution in [3.8, 4) is 6.07 Å². The monoisotopic (exact) mass is 470 g/mol. The van der Waals surface area contributed by atoms with Crippen LogP contribution in [0.4, 0.5) is 0 Å². The van der Waals surface area contributed by atoms with Crippen molar-refractivity contribution in [1.82, 2.24) is 4.98 Å². The first-order valence-corrected chi connectivity index (χ1v) is 10.9. The Morgan fingerprint density at radius 2 is 2.17 bits per heavy atom. The lowest BCUT2D eigenvalue weighted by Crippen LogP contribution is -2.11. The molecule has 0 atom stereocenters. The molecule has 0 N–H and O–H groups in total. The minimum absolute atomic E-state index is 0.108. The summed E-state index contributed by atoms with van der Waals surface area (Å²) in [4.78, 5) is 29.2. The van der Waals surface area contributed by atoms with E-state index in [0.717, 1.165) is 23.0 Å². The maximum absolute atomic E-state index is 12.8. The highest BCUT2D eigenvalue weighted by molar-refractivity contribution is 9.10. The number of ether oxygens (including phenoxy) is 1. The molecule has 1 aromatic carbocycles. The number of pyridine rings is 1. The van der Waals surface area contributed by atoms with Gasteiger partial charge in [0, 0.05) is 33.1 Å². The van der Waals surface area contributed by atoms with Crippen molar-refractivity contribution in [2.45, 2.75) is 30.4 Å². The Hall–Kier alpha value is -2.63. The molecule has 1 saturated carbocycles. The summed E-state index contributed by atoms with van der Waals surface area (Å²) in [5.74, 6) is -0.277. The molecule has 146 valence electrons. The van der Waals surface area contributed by atoms with Gasteiger partial charge in [-0.3, -0.25) is 0 Å². The number of benzene rings is 1. The molecular weight excluding hydrogens is 456 g/mol. The summed E-state index contributed by atoms with van der Waals surface area (Å²) in [6.07, 6.45) is 3.88. The van der Waals surface area contributed by atoms with Crippen molar-refractivity contribution in [3.05, 3.63) is 67.6 Å². The van der Waals surface area contributed by atoms with Crippen LogP contribution >= 0.6 is 27.7 Å². The number of fused-ring (bicyclic) bond motifs is 1. The van der Waals surface area contributed by atoms with E-state index in [0.29, 0.717) is 27.5 Å². The second-order valence-corrected chi connectivity index (χ2v) is 8.38. The molecule has 2 aromatic heterocycles. The molecule has 6 nitrogen and oxygen atoms in total. The zero-order valence-corrected chi connectivity index (χ0v) is 17.8. The van der Waals surface area contributed by atoms with Gasteiger partial charge in [-0.15, -0.1) is 11.8 Å². The Morgan fingerprint density at radius 3 is 2.86 bits per heavy atom. The highest BCUT2D eigenvalue weighted by atomic mass is 79.9. The second kappa shape index (κ2) is 8.01. The van der Waals surface area contributed by atoms with Gasteiger partial charge in [-0.25, -0.2) is 14.6 Å². The Bertz CT molecular complexity index is 1230. The molecule has 4 rings (SSSR count). The van der Waals surface area contributed by atoms with Crippen LogP contribution in [0, 0.1) is 11.3 Å². The Labute approximate surface area is 179 Å². The first-order chi connectivity index (χ1) is 14.0. The van der Waals surface area contributed by atoms with E-state index in [9.17, 15) is 14.9 Å². The predicted octanol–water partition coefficient (Wildman–Crippen LogP) is 4.78. The fourth-order valence-corrected chi connectivity index (χ4v) is 3.99. The van der Waals surface area contributed by atoms with E-state index in [1.54, 1.807) is 18.2 Å². The quantitative estimate of drug-likeness (QED) is 0.300. The normalized spacial score (nSPS) is 13.3. The number of halogens is 1. The third kappa shape index (κ3) is 4.07. The van der Waals surface area contributed by atoms with Gasteiger partial charge in [0.1, 0.15) is 23.3 Å². The van der Waals surface area contributed by atoms with Gasteiger partial charge in [0.15, 0.2) is 0 Å². The molecule has 0 bridgehead atoms. The number of hydrogen-bond acceptors (Lipinski definition) is 7. The minimum atomic E-state index is -0.611. The van der Waals surface area contributed by atoms with Crippen LogP contribution in [0.3, 0.4) is 0 Å². The number of thioether (sulfide) groups is 1. The largest absolute Gasteiger partial charge is 0.457 e. The maximum atomic E-state index is 12.8. The number of nitrogens with zero attached hydrogens (tertiary/aromatic N) is 2. The van der Waals surface area contributed by atoms with Crippen molar-refractivity contribution >= 4 is 44.6 Å². The van der Waals surface area contributed by atoms with Crippen LogP contribution in [0.15, 0.2) is 49.0 Å². The fraction of sp³-hybridized carbons (Fsp3) is 0.238. The van der Waals surface area contributed by atoms with Gasteiger partial charge in [-0.05, 0) is 43.4 Å². The molecule has 0 amide bonds. The molecular formula is C21H15BrN2O4S. The molecule has 2 heterocycles. The zero-order valence-electron chi connectivity index (χ0n) is 15.4. The number of nitriles is 1. The average Bonchev–Trinajstić information content (AvgIpc) is 3.55. The van der Waals surface area contributed by atoms with Gasteiger partial charge in [0.05, 0.1) is 11.1 Å². The fourth-order valence-electron chi connectivity index (χ4n) is 3.09. The average molecular weight is 471 g/mol. The van der Waals surface area contributed by atoms with E-state index in [1.165, 1.54) is 17.8 Å². The van der Waals surface area contributed by atoms with Crippen molar-refractivity contribution in [2.75, 3.05) is 6.26 Å². The minimum Gasteiger partial charge on any atom is -0.457 e. The third-order valence-electron chi connectivity index (χ3n) is 4.68. The SMILES string of the molecule is CSc1nc(C2CC2)cc(C(=O)OCc2cc(=O)oc3cc(Br)ccc23)c1C#N. The first kappa shape index (κ1) is 19.7. The van der Waals surface area contributed by atoms with Gasteiger partial charge in [-0.2, -0.15) is 5.26 Å².